The molecule has 0 saturated carbocycles. The molecule has 2 aromatic rings. The van der Waals surface area contributed by atoms with E-state index in [0.29, 0.717) is 29.0 Å². The lowest BCUT2D eigenvalue weighted by Gasteiger charge is -2.25. The Bertz CT molecular complexity index is 767. The standard InChI is InChI=1S/C16H18ClF3N4S/c1-8-2-5-13(21)24(8)7-12-14(23-15(22)25-12)9-3-4-11(17)10(6-9)16(18,19)20/h3-4,6,8,13H,2,5,7,21H2,1H3,(H2,22,23)/t8-,13+/m1/s1. The molecule has 1 fully saturated rings. The molecule has 1 aliphatic heterocycles. The highest BCUT2D eigenvalue weighted by atomic mass is 35.5. The van der Waals surface area contributed by atoms with Crippen LogP contribution in [0.3, 0.4) is 0 Å². The molecular weight excluding hydrogens is 373 g/mol. The van der Waals surface area contributed by atoms with E-state index in [9.17, 15) is 13.2 Å². The summed E-state index contributed by atoms with van der Waals surface area (Å²) in [6.07, 6.45) is -2.71. The van der Waals surface area contributed by atoms with Gasteiger partial charge in [0.2, 0.25) is 0 Å². The van der Waals surface area contributed by atoms with Gasteiger partial charge in [-0.1, -0.05) is 17.7 Å². The fourth-order valence-corrected chi connectivity index (χ4v) is 4.19. The van der Waals surface area contributed by atoms with Gasteiger partial charge in [0, 0.05) is 23.0 Å². The first kappa shape index (κ1) is 18.4. The normalized spacial score (nSPS) is 21.8. The molecule has 0 unspecified atom stereocenters. The second kappa shape index (κ2) is 6.75. The molecule has 0 spiro atoms. The zero-order valence-electron chi connectivity index (χ0n) is 13.5. The van der Waals surface area contributed by atoms with Crippen molar-refractivity contribution in [3.8, 4) is 11.3 Å². The SMILES string of the molecule is C[C@@H]1CC[C@@H](N)N1Cc1sc(N)nc1-c1ccc(Cl)c(C(F)(F)F)c1. The van der Waals surface area contributed by atoms with Gasteiger partial charge < -0.3 is 11.5 Å². The second-order valence-corrected chi connectivity index (χ2v) is 7.70. The van der Waals surface area contributed by atoms with Crippen molar-refractivity contribution < 1.29 is 13.2 Å². The predicted octanol–water partition coefficient (Wildman–Crippen LogP) is 4.33. The molecule has 9 heteroatoms. The van der Waals surface area contributed by atoms with Crippen molar-refractivity contribution in [1.29, 1.82) is 0 Å². The van der Waals surface area contributed by atoms with Gasteiger partial charge in [0.25, 0.3) is 0 Å². The maximum Gasteiger partial charge on any atom is 0.417 e. The number of hydrogen-bond acceptors (Lipinski definition) is 5. The van der Waals surface area contributed by atoms with Crippen LogP contribution in [0.4, 0.5) is 18.3 Å². The van der Waals surface area contributed by atoms with Crippen molar-refractivity contribution in [3.05, 3.63) is 33.7 Å². The van der Waals surface area contributed by atoms with Gasteiger partial charge in [-0.15, -0.1) is 11.3 Å². The third kappa shape index (κ3) is 3.76. The van der Waals surface area contributed by atoms with Gasteiger partial charge in [-0.05, 0) is 31.9 Å². The molecule has 1 aliphatic rings. The van der Waals surface area contributed by atoms with Gasteiger partial charge in [0.1, 0.15) is 0 Å². The number of benzene rings is 1. The molecule has 25 heavy (non-hydrogen) atoms. The van der Waals surface area contributed by atoms with Crippen molar-refractivity contribution in [1.82, 2.24) is 9.88 Å². The van der Waals surface area contributed by atoms with Gasteiger partial charge in [0.15, 0.2) is 5.13 Å². The largest absolute Gasteiger partial charge is 0.417 e. The van der Waals surface area contributed by atoms with Gasteiger partial charge >= 0.3 is 6.18 Å². The number of alkyl halides is 3. The Morgan fingerprint density at radius 2 is 2.08 bits per heavy atom. The van der Waals surface area contributed by atoms with E-state index in [1.807, 2.05) is 0 Å². The topological polar surface area (TPSA) is 68.2 Å². The maximum absolute atomic E-state index is 13.1. The van der Waals surface area contributed by atoms with Gasteiger partial charge in [-0.3, -0.25) is 4.90 Å². The number of hydrogen-bond donors (Lipinski definition) is 2. The highest BCUT2D eigenvalue weighted by Crippen LogP contribution is 2.39. The summed E-state index contributed by atoms with van der Waals surface area (Å²) in [5.41, 5.74) is 11.9. The number of nitrogen functional groups attached to an aromatic ring is 1. The fourth-order valence-electron chi connectivity index (χ4n) is 3.10. The number of aromatic nitrogens is 1. The first-order valence-corrected chi connectivity index (χ1v) is 9.00. The lowest BCUT2D eigenvalue weighted by atomic mass is 10.1. The maximum atomic E-state index is 13.1. The van der Waals surface area contributed by atoms with Gasteiger partial charge in [0.05, 0.1) is 22.4 Å². The molecule has 0 bridgehead atoms. The van der Waals surface area contributed by atoms with Crippen molar-refractivity contribution in [2.24, 2.45) is 5.73 Å². The number of nitrogens with two attached hydrogens (primary N) is 2. The number of nitrogens with zero attached hydrogens (tertiary/aromatic N) is 2. The second-order valence-electron chi connectivity index (χ2n) is 6.18. The first-order chi connectivity index (χ1) is 11.7. The number of rotatable bonds is 3. The summed E-state index contributed by atoms with van der Waals surface area (Å²) >= 11 is 6.97. The lowest BCUT2D eigenvalue weighted by molar-refractivity contribution is -0.137. The smallest absolute Gasteiger partial charge is 0.375 e. The van der Waals surface area contributed by atoms with Gasteiger partial charge in [-0.2, -0.15) is 13.2 Å². The Kier molecular flexibility index (Phi) is 4.98. The molecule has 4 nitrogen and oxygen atoms in total. The van der Waals surface area contributed by atoms with Crippen LogP contribution in [0.2, 0.25) is 5.02 Å². The Labute approximate surface area is 152 Å². The molecule has 4 N–H and O–H groups in total. The number of likely N-dealkylation sites (tertiary alicyclic amines) is 1. The molecule has 2 atom stereocenters. The number of anilines is 1. The fraction of sp³-hybridized carbons (Fsp3) is 0.438. The molecule has 0 radical (unpaired) electrons. The summed E-state index contributed by atoms with van der Waals surface area (Å²) in [6, 6.07) is 4.10. The summed E-state index contributed by atoms with van der Waals surface area (Å²) in [5.74, 6) is 0. The van der Waals surface area contributed by atoms with Crippen LogP contribution in [0.1, 0.15) is 30.2 Å². The minimum absolute atomic E-state index is 0.0675. The van der Waals surface area contributed by atoms with Crippen LogP contribution in [-0.2, 0) is 12.7 Å². The van der Waals surface area contributed by atoms with E-state index in [1.165, 1.54) is 23.5 Å². The summed E-state index contributed by atoms with van der Waals surface area (Å²) in [4.78, 5) is 7.17. The third-order valence-corrected chi connectivity index (χ3v) is 5.66. The van der Waals surface area contributed by atoms with Crippen LogP contribution in [-0.4, -0.2) is 22.1 Å². The number of thiazole rings is 1. The Hall–Kier alpha value is -1.35. The van der Waals surface area contributed by atoms with E-state index in [-0.39, 0.29) is 11.2 Å². The van der Waals surface area contributed by atoms with Crippen LogP contribution in [0, 0.1) is 0 Å². The molecule has 1 aromatic heterocycles. The molecule has 136 valence electrons. The highest BCUT2D eigenvalue weighted by molar-refractivity contribution is 7.15. The van der Waals surface area contributed by atoms with Crippen LogP contribution in [0.5, 0.6) is 0 Å². The Balaban J connectivity index is 1.99. The zero-order chi connectivity index (χ0) is 18.4. The molecular formula is C16H18ClF3N4S. The lowest BCUT2D eigenvalue weighted by Crippen LogP contribution is -2.39. The predicted molar refractivity (Wildman–Crippen MR) is 94.2 cm³/mol. The summed E-state index contributed by atoms with van der Waals surface area (Å²) in [7, 11) is 0. The van der Waals surface area contributed by atoms with E-state index < -0.39 is 11.7 Å². The molecule has 1 aromatic carbocycles. The molecule has 0 aliphatic carbocycles. The van der Waals surface area contributed by atoms with Crippen molar-refractivity contribution in [3.63, 3.8) is 0 Å². The highest BCUT2D eigenvalue weighted by Gasteiger charge is 2.34. The van der Waals surface area contributed by atoms with Crippen LogP contribution in [0.25, 0.3) is 11.3 Å². The van der Waals surface area contributed by atoms with Gasteiger partial charge in [-0.25, -0.2) is 4.98 Å². The van der Waals surface area contributed by atoms with Crippen molar-refractivity contribution >= 4 is 28.1 Å². The molecule has 3 rings (SSSR count). The third-order valence-electron chi connectivity index (χ3n) is 4.46. The van der Waals surface area contributed by atoms with E-state index in [4.69, 9.17) is 23.1 Å². The Morgan fingerprint density at radius 3 is 2.68 bits per heavy atom. The molecule has 2 heterocycles. The van der Waals surface area contributed by atoms with Crippen molar-refractivity contribution in [2.75, 3.05) is 5.73 Å². The van der Waals surface area contributed by atoms with E-state index in [1.54, 1.807) is 0 Å². The van der Waals surface area contributed by atoms with E-state index >= 15 is 0 Å². The monoisotopic (exact) mass is 390 g/mol. The minimum Gasteiger partial charge on any atom is -0.375 e. The zero-order valence-corrected chi connectivity index (χ0v) is 15.0. The van der Waals surface area contributed by atoms with Crippen molar-refractivity contribution in [2.45, 2.75) is 44.7 Å². The average Bonchev–Trinajstić information content (AvgIpc) is 3.04. The molecule has 1 saturated heterocycles. The summed E-state index contributed by atoms with van der Waals surface area (Å²) < 4.78 is 39.4. The molecule has 0 amide bonds. The summed E-state index contributed by atoms with van der Waals surface area (Å²) in [6.45, 7) is 2.59. The minimum atomic E-state index is -4.53. The quantitative estimate of drug-likeness (QED) is 0.818. The van der Waals surface area contributed by atoms with E-state index in [0.717, 1.165) is 23.8 Å². The number of halogens is 4. The van der Waals surface area contributed by atoms with Crippen LogP contribution in [0.15, 0.2) is 18.2 Å². The van der Waals surface area contributed by atoms with E-state index in [2.05, 4.69) is 16.8 Å². The first-order valence-electron chi connectivity index (χ1n) is 7.80. The average molecular weight is 391 g/mol. The Morgan fingerprint density at radius 1 is 1.36 bits per heavy atom. The van der Waals surface area contributed by atoms with Crippen LogP contribution < -0.4 is 11.5 Å². The summed E-state index contributed by atoms with van der Waals surface area (Å²) in [5, 5.41) is -0.0230. The van der Waals surface area contributed by atoms with Crippen LogP contribution >= 0.6 is 22.9 Å².